The Morgan fingerprint density at radius 1 is 1.08 bits per heavy atom. The molecule has 4 nitrogen and oxygen atoms in total. The highest BCUT2D eigenvalue weighted by Crippen LogP contribution is 2.31. The second-order valence-corrected chi connectivity index (χ2v) is 8.21. The van der Waals surface area contributed by atoms with Crippen LogP contribution in [0.15, 0.2) is 63.8 Å². The fraction of sp³-hybridized carbons (Fsp3) is 0.118. The van der Waals surface area contributed by atoms with Crippen LogP contribution in [0, 0.1) is 0 Å². The Balaban J connectivity index is 1.63. The molecule has 0 aliphatic heterocycles. The normalized spacial score (nSPS) is 10.9. The van der Waals surface area contributed by atoms with Crippen LogP contribution in [-0.4, -0.2) is 21.9 Å². The largest absolute Gasteiger partial charge is 0.296 e. The van der Waals surface area contributed by atoms with Gasteiger partial charge in [0.25, 0.3) is 11.7 Å². The fourth-order valence-corrected chi connectivity index (χ4v) is 4.40. The molecule has 0 fully saturated rings. The molecule has 134 valence electrons. The van der Waals surface area contributed by atoms with Crippen molar-refractivity contribution >= 4 is 45.9 Å². The van der Waals surface area contributed by atoms with E-state index in [4.69, 9.17) is 0 Å². The molecule has 3 rings (SSSR count). The minimum atomic E-state index is -2.59. The molecule has 0 saturated carbocycles. The molecule has 0 aliphatic carbocycles. The molecule has 0 radical (unpaired) electrons. The van der Waals surface area contributed by atoms with Crippen molar-refractivity contribution in [3.8, 4) is 0 Å². The highest BCUT2D eigenvalue weighted by atomic mass is 32.2. The molecule has 0 spiro atoms. The van der Waals surface area contributed by atoms with Gasteiger partial charge in [-0.05, 0) is 17.7 Å². The predicted molar refractivity (Wildman–Crippen MR) is 102 cm³/mol. The Hall–Kier alpha value is -1.97. The van der Waals surface area contributed by atoms with Crippen molar-refractivity contribution in [2.24, 2.45) is 0 Å². The van der Waals surface area contributed by atoms with Crippen LogP contribution in [0.25, 0.3) is 0 Å². The third kappa shape index (κ3) is 5.26. The quantitative estimate of drug-likeness (QED) is 0.418. The number of benzene rings is 2. The van der Waals surface area contributed by atoms with Crippen molar-refractivity contribution in [3.63, 3.8) is 0 Å². The number of amides is 1. The molecular weight excluding hydrogens is 396 g/mol. The summed E-state index contributed by atoms with van der Waals surface area (Å²) in [5.74, 6) is -2.33. The Morgan fingerprint density at radius 3 is 2.58 bits per heavy atom. The van der Waals surface area contributed by atoms with Crippen molar-refractivity contribution in [2.45, 2.75) is 20.7 Å². The summed E-state index contributed by atoms with van der Waals surface area (Å²) in [6, 6.07) is 16.2. The number of carbonyl (C=O) groups is 1. The molecule has 2 aromatic carbocycles. The van der Waals surface area contributed by atoms with Gasteiger partial charge in [0.15, 0.2) is 4.34 Å². The van der Waals surface area contributed by atoms with Crippen LogP contribution in [0.3, 0.4) is 0 Å². The van der Waals surface area contributed by atoms with E-state index in [0.717, 1.165) is 15.7 Å². The van der Waals surface area contributed by atoms with Gasteiger partial charge in [-0.1, -0.05) is 77.3 Å². The molecule has 0 unspecified atom stereocenters. The van der Waals surface area contributed by atoms with Gasteiger partial charge in [-0.25, -0.2) is 0 Å². The maximum Gasteiger partial charge on any atom is 0.288 e. The Kier molecular flexibility index (Phi) is 6.59. The average Bonchev–Trinajstić information content (AvgIpc) is 3.08. The van der Waals surface area contributed by atoms with Gasteiger partial charge >= 0.3 is 0 Å². The number of hydrogen-bond acceptors (Lipinski definition) is 6. The maximum atomic E-state index is 12.6. The Morgan fingerprint density at radius 2 is 1.81 bits per heavy atom. The molecule has 0 saturated heterocycles. The summed E-state index contributed by atoms with van der Waals surface area (Å²) in [5.41, 5.74) is 1.35. The summed E-state index contributed by atoms with van der Waals surface area (Å²) in [6.45, 7) is 0. The lowest BCUT2D eigenvalue weighted by atomic mass is 10.2. The van der Waals surface area contributed by atoms with Crippen molar-refractivity contribution < 1.29 is 13.6 Å². The van der Waals surface area contributed by atoms with Gasteiger partial charge in [0, 0.05) is 10.6 Å². The molecular formula is C17H13F2N3OS3. The van der Waals surface area contributed by atoms with Gasteiger partial charge in [0.05, 0.1) is 5.56 Å². The van der Waals surface area contributed by atoms with E-state index in [1.807, 2.05) is 30.3 Å². The van der Waals surface area contributed by atoms with Crippen LogP contribution in [-0.2, 0) is 5.75 Å². The fourth-order valence-electron chi connectivity index (χ4n) is 2.06. The van der Waals surface area contributed by atoms with E-state index in [-0.39, 0.29) is 10.5 Å². The molecule has 26 heavy (non-hydrogen) atoms. The van der Waals surface area contributed by atoms with Crippen LogP contribution in [0.2, 0.25) is 0 Å². The third-order valence-electron chi connectivity index (χ3n) is 3.18. The number of carbonyl (C=O) groups excluding carboxylic acids is 1. The van der Waals surface area contributed by atoms with Crippen LogP contribution in [0.5, 0.6) is 0 Å². The summed E-state index contributed by atoms with van der Waals surface area (Å²) in [4.78, 5) is 12.6. The number of nitrogens with one attached hydrogen (secondary N) is 1. The lowest BCUT2D eigenvalue weighted by Gasteiger charge is -2.07. The zero-order valence-corrected chi connectivity index (χ0v) is 15.7. The van der Waals surface area contributed by atoms with E-state index >= 15 is 0 Å². The molecule has 9 heteroatoms. The first kappa shape index (κ1) is 18.8. The molecule has 0 atom stereocenters. The minimum absolute atomic E-state index is 0.187. The number of thioether (sulfide) groups is 2. The number of hydrogen-bond donors (Lipinski definition) is 1. The standard InChI is InChI=1S/C17H13F2N3OS3/c18-15(19)25-13-9-5-4-8-12(13)14(23)20-16-21-22-17(26-16)24-10-11-6-2-1-3-7-11/h1-9,15H,10H2,(H,20,21,23). The minimum Gasteiger partial charge on any atom is -0.296 e. The summed E-state index contributed by atoms with van der Waals surface area (Å²) >= 11 is 3.11. The number of nitrogens with zero attached hydrogens (tertiary/aromatic N) is 2. The van der Waals surface area contributed by atoms with E-state index in [2.05, 4.69) is 15.5 Å². The molecule has 1 heterocycles. The summed E-state index contributed by atoms with van der Waals surface area (Å²) < 4.78 is 26.0. The number of anilines is 1. The highest BCUT2D eigenvalue weighted by Gasteiger charge is 2.17. The van der Waals surface area contributed by atoms with Gasteiger partial charge in [-0.3, -0.25) is 10.1 Å². The monoisotopic (exact) mass is 409 g/mol. The Labute approximate surface area is 161 Å². The van der Waals surface area contributed by atoms with Crippen molar-refractivity contribution in [2.75, 3.05) is 5.32 Å². The van der Waals surface area contributed by atoms with E-state index in [0.29, 0.717) is 16.9 Å². The van der Waals surface area contributed by atoms with Gasteiger partial charge in [0.2, 0.25) is 5.13 Å². The Bertz CT molecular complexity index is 874. The molecule has 0 aliphatic rings. The second-order valence-electron chi connectivity index (χ2n) is 4.98. The number of alkyl halides is 2. The predicted octanol–water partition coefficient (Wildman–Crippen LogP) is 5.40. The van der Waals surface area contributed by atoms with Gasteiger partial charge in [-0.15, -0.1) is 10.2 Å². The van der Waals surface area contributed by atoms with E-state index in [1.54, 1.807) is 12.1 Å². The molecule has 1 aromatic heterocycles. The van der Waals surface area contributed by atoms with Crippen LogP contribution in [0.4, 0.5) is 13.9 Å². The van der Waals surface area contributed by atoms with E-state index in [1.165, 1.54) is 35.2 Å². The molecule has 3 aromatic rings. The topological polar surface area (TPSA) is 54.9 Å². The summed E-state index contributed by atoms with van der Waals surface area (Å²) in [5, 5.41) is 10.9. The smallest absolute Gasteiger partial charge is 0.288 e. The van der Waals surface area contributed by atoms with Gasteiger partial charge in [0.1, 0.15) is 0 Å². The first-order valence-electron chi connectivity index (χ1n) is 7.47. The molecule has 1 N–H and O–H groups in total. The molecule has 1 amide bonds. The van der Waals surface area contributed by atoms with E-state index in [9.17, 15) is 13.6 Å². The second kappa shape index (κ2) is 9.11. The zero-order valence-electron chi connectivity index (χ0n) is 13.3. The number of rotatable bonds is 7. The van der Waals surface area contributed by atoms with Crippen LogP contribution >= 0.6 is 34.9 Å². The van der Waals surface area contributed by atoms with Gasteiger partial charge in [-0.2, -0.15) is 8.78 Å². The SMILES string of the molecule is O=C(Nc1nnc(SCc2ccccc2)s1)c1ccccc1SC(F)F. The lowest BCUT2D eigenvalue weighted by Crippen LogP contribution is -2.13. The number of halogens is 2. The van der Waals surface area contributed by atoms with Crippen LogP contribution in [0.1, 0.15) is 15.9 Å². The highest BCUT2D eigenvalue weighted by molar-refractivity contribution is 8.00. The first-order valence-corrected chi connectivity index (χ1v) is 10.2. The first-order chi connectivity index (χ1) is 12.6. The van der Waals surface area contributed by atoms with Crippen molar-refractivity contribution in [1.29, 1.82) is 0 Å². The average molecular weight is 410 g/mol. The van der Waals surface area contributed by atoms with E-state index < -0.39 is 11.7 Å². The zero-order chi connectivity index (χ0) is 18.4. The maximum absolute atomic E-state index is 12.6. The molecule has 0 bridgehead atoms. The summed E-state index contributed by atoms with van der Waals surface area (Å²) in [7, 11) is 0. The number of aromatic nitrogens is 2. The van der Waals surface area contributed by atoms with Crippen LogP contribution < -0.4 is 5.32 Å². The van der Waals surface area contributed by atoms with Crippen molar-refractivity contribution in [1.82, 2.24) is 10.2 Å². The lowest BCUT2D eigenvalue weighted by molar-refractivity contribution is 0.102. The summed E-state index contributed by atoms with van der Waals surface area (Å²) in [6.07, 6.45) is 0. The third-order valence-corrected chi connectivity index (χ3v) is 6.01. The van der Waals surface area contributed by atoms with Gasteiger partial charge < -0.3 is 0 Å². The van der Waals surface area contributed by atoms with Crippen molar-refractivity contribution in [3.05, 3.63) is 65.7 Å².